The number of rotatable bonds is 8. The quantitative estimate of drug-likeness (QED) is 0.255. The molecule has 3 aromatic carbocycles. The first kappa shape index (κ1) is 24.6. The van der Waals surface area contributed by atoms with E-state index in [2.05, 4.69) is 9.97 Å². The number of alkyl halides is 2. The first-order chi connectivity index (χ1) is 16.8. The van der Waals surface area contributed by atoms with Crippen LogP contribution in [0.4, 0.5) is 13.2 Å². The lowest BCUT2D eigenvalue weighted by Gasteiger charge is -2.14. The van der Waals surface area contributed by atoms with E-state index in [-0.39, 0.29) is 36.2 Å². The lowest BCUT2D eigenvalue weighted by Crippen LogP contribution is -2.12. The van der Waals surface area contributed by atoms with Crippen LogP contribution in [0.15, 0.2) is 79.1 Å². The van der Waals surface area contributed by atoms with Gasteiger partial charge in [0.15, 0.2) is 0 Å². The highest BCUT2D eigenvalue weighted by atomic mass is 35.5. The van der Waals surface area contributed by atoms with E-state index < -0.39 is 11.7 Å². The molecule has 0 radical (unpaired) electrons. The summed E-state index contributed by atoms with van der Waals surface area (Å²) >= 11 is 5.97. The van der Waals surface area contributed by atoms with E-state index in [1.807, 2.05) is 12.1 Å². The molecule has 178 valence electrons. The Kier molecular flexibility index (Phi) is 7.31. The largest absolute Gasteiger partial charge is 0.299 e. The van der Waals surface area contributed by atoms with Crippen molar-refractivity contribution in [2.75, 3.05) is 0 Å². The van der Waals surface area contributed by atoms with Crippen molar-refractivity contribution in [1.82, 2.24) is 9.97 Å². The van der Waals surface area contributed by atoms with Crippen molar-refractivity contribution in [3.63, 3.8) is 0 Å². The predicted molar refractivity (Wildman–Crippen MR) is 131 cm³/mol. The van der Waals surface area contributed by atoms with Crippen LogP contribution in [0.2, 0.25) is 5.02 Å². The van der Waals surface area contributed by atoms with E-state index in [9.17, 15) is 18.0 Å². The molecule has 0 spiro atoms. The molecule has 1 aromatic heterocycles. The molecule has 35 heavy (non-hydrogen) atoms. The third-order valence-electron chi connectivity index (χ3n) is 5.75. The number of nitrogens with zero attached hydrogens (tertiary/aromatic N) is 2. The molecule has 0 fully saturated rings. The molecule has 0 saturated heterocycles. The van der Waals surface area contributed by atoms with Gasteiger partial charge in [0, 0.05) is 53.4 Å². The van der Waals surface area contributed by atoms with Crippen molar-refractivity contribution in [2.24, 2.45) is 0 Å². The second kappa shape index (κ2) is 10.4. The molecule has 0 bridgehead atoms. The number of Topliss-reactive ketones (excluding diaryl/α,β-unsaturated/α-hetero) is 1. The van der Waals surface area contributed by atoms with Crippen molar-refractivity contribution >= 4 is 17.4 Å². The summed E-state index contributed by atoms with van der Waals surface area (Å²) in [5.41, 5.74) is 3.20. The highest BCUT2D eigenvalue weighted by Crippen LogP contribution is 2.32. The SMILES string of the molecule is CCC(F)(F)c1ccc(CC(=O)Cc2ccc(-c3nccnc3-c3ccc(Cl)cc3)cc2F)cc1. The van der Waals surface area contributed by atoms with Gasteiger partial charge in [-0.05, 0) is 29.3 Å². The Morgan fingerprint density at radius 1 is 0.857 bits per heavy atom. The third-order valence-corrected chi connectivity index (χ3v) is 6.00. The predicted octanol–water partition coefficient (Wildman–Crippen LogP) is 7.46. The highest BCUT2D eigenvalue weighted by molar-refractivity contribution is 6.30. The first-order valence-corrected chi connectivity index (χ1v) is 11.5. The van der Waals surface area contributed by atoms with E-state index in [4.69, 9.17) is 11.6 Å². The molecule has 0 N–H and O–H groups in total. The summed E-state index contributed by atoms with van der Waals surface area (Å²) in [5.74, 6) is -3.64. The van der Waals surface area contributed by atoms with Crippen molar-refractivity contribution in [3.05, 3.63) is 107 Å². The number of aromatic nitrogens is 2. The van der Waals surface area contributed by atoms with Crippen LogP contribution in [0.25, 0.3) is 22.5 Å². The number of carbonyl (C=O) groups is 1. The Bertz CT molecular complexity index is 1340. The molecule has 1 heterocycles. The normalized spacial score (nSPS) is 11.5. The Labute approximate surface area is 206 Å². The lowest BCUT2D eigenvalue weighted by molar-refractivity contribution is -0.117. The minimum Gasteiger partial charge on any atom is -0.299 e. The molecule has 4 rings (SSSR count). The fourth-order valence-corrected chi connectivity index (χ4v) is 3.91. The third kappa shape index (κ3) is 5.77. The van der Waals surface area contributed by atoms with Crippen LogP contribution in [0.1, 0.15) is 30.0 Å². The van der Waals surface area contributed by atoms with Gasteiger partial charge in [-0.25, -0.2) is 13.2 Å². The molecular formula is C28H22ClF3N2O. The van der Waals surface area contributed by atoms with E-state index in [0.717, 1.165) is 5.56 Å². The van der Waals surface area contributed by atoms with Crippen molar-refractivity contribution in [3.8, 4) is 22.5 Å². The second-order valence-corrected chi connectivity index (χ2v) is 8.65. The second-order valence-electron chi connectivity index (χ2n) is 8.21. The number of halogens is 4. The Morgan fingerprint density at radius 2 is 1.46 bits per heavy atom. The van der Waals surface area contributed by atoms with Crippen molar-refractivity contribution in [1.29, 1.82) is 0 Å². The summed E-state index contributed by atoms with van der Waals surface area (Å²) in [4.78, 5) is 21.3. The van der Waals surface area contributed by atoms with Crippen LogP contribution >= 0.6 is 11.6 Å². The number of benzene rings is 3. The van der Waals surface area contributed by atoms with Crippen LogP contribution in [-0.4, -0.2) is 15.8 Å². The maximum Gasteiger partial charge on any atom is 0.273 e. The molecule has 0 atom stereocenters. The van der Waals surface area contributed by atoms with Crippen molar-refractivity contribution in [2.45, 2.75) is 32.1 Å². The zero-order chi connectivity index (χ0) is 25.0. The zero-order valence-corrected chi connectivity index (χ0v) is 19.7. The lowest BCUT2D eigenvalue weighted by atomic mass is 9.98. The minimum absolute atomic E-state index is 0.0318. The molecule has 3 nitrogen and oxygen atoms in total. The number of hydrogen-bond donors (Lipinski definition) is 0. The summed E-state index contributed by atoms with van der Waals surface area (Å²) < 4.78 is 42.5. The van der Waals surface area contributed by atoms with Crippen LogP contribution in [0.3, 0.4) is 0 Å². The summed E-state index contributed by atoms with van der Waals surface area (Å²) in [5, 5.41) is 0.592. The standard InChI is InChI=1S/C28H22ClF3N2O/c1-2-28(31,32)22-9-3-18(4-10-22)15-24(35)16-20-5-6-21(17-25(20)30)27-26(33-13-14-34-27)19-7-11-23(29)12-8-19/h3-14,17H,2,15-16H2,1H3. The van der Waals surface area contributed by atoms with Gasteiger partial charge in [0.25, 0.3) is 5.92 Å². The van der Waals surface area contributed by atoms with Gasteiger partial charge in [0.1, 0.15) is 11.6 Å². The molecule has 0 aliphatic carbocycles. The van der Waals surface area contributed by atoms with E-state index >= 15 is 0 Å². The molecule has 0 amide bonds. The van der Waals surface area contributed by atoms with Gasteiger partial charge in [0.2, 0.25) is 0 Å². The minimum atomic E-state index is -2.90. The monoisotopic (exact) mass is 494 g/mol. The first-order valence-electron chi connectivity index (χ1n) is 11.1. The van der Waals surface area contributed by atoms with E-state index in [0.29, 0.717) is 27.5 Å². The van der Waals surface area contributed by atoms with Gasteiger partial charge in [-0.15, -0.1) is 0 Å². The average molecular weight is 495 g/mol. The average Bonchev–Trinajstić information content (AvgIpc) is 2.86. The molecule has 0 saturated carbocycles. The fourth-order valence-electron chi connectivity index (χ4n) is 3.78. The van der Waals surface area contributed by atoms with Crippen LogP contribution in [0, 0.1) is 5.82 Å². The van der Waals surface area contributed by atoms with E-state index in [1.165, 1.54) is 43.5 Å². The summed E-state index contributed by atoms with van der Waals surface area (Å²) in [6.07, 6.45) is 2.72. The van der Waals surface area contributed by atoms with Gasteiger partial charge in [-0.1, -0.05) is 67.1 Å². The maximum absolute atomic E-state index is 14.9. The summed E-state index contributed by atoms with van der Waals surface area (Å²) in [6.45, 7) is 1.42. The number of carbonyl (C=O) groups excluding carboxylic acids is 1. The van der Waals surface area contributed by atoms with E-state index in [1.54, 1.807) is 30.5 Å². The maximum atomic E-state index is 14.9. The molecule has 7 heteroatoms. The van der Waals surface area contributed by atoms with Gasteiger partial charge in [-0.3, -0.25) is 14.8 Å². The number of ketones is 1. The topological polar surface area (TPSA) is 42.9 Å². The Morgan fingerprint density at radius 3 is 2.06 bits per heavy atom. The fraction of sp³-hybridized carbons (Fsp3) is 0.179. The summed E-state index contributed by atoms with van der Waals surface area (Å²) in [6, 6.07) is 17.4. The molecule has 0 unspecified atom stereocenters. The van der Waals surface area contributed by atoms with Crippen molar-refractivity contribution < 1.29 is 18.0 Å². The van der Waals surface area contributed by atoms with Crippen LogP contribution < -0.4 is 0 Å². The van der Waals surface area contributed by atoms with Gasteiger partial charge >= 0.3 is 0 Å². The van der Waals surface area contributed by atoms with Gasteiger partial charge in [0.05, 0.1) is 11.4 Å². The Hall–Kier alpha value is -3.51. The van der Waals surface area contributed by atoms with Crippen LogP contribution in [0.5, 0.6) is 0 Å². The van der Waals surface area contributed by atoms with Gasteiger partial charge < -0.3 is 0 Å². The molecule has 0 aliphatic heterocycles. The molecule has 0 aliphatic rings. The number of hydrogen-bond acceptors (Lipinski definition) is 3. The zero-order valence-electron chi connectivity index (χ0n) is 18.9. The summed E-state index contributed by atoms with van der Waals surface area (Å²) in [7, 11) is 0. The Balaban J connectivity index is 1.50. The highest BCUT2D eigenvalue weighted by Gasteiger charge is 2.28. The van der Waals surface area contributed by atoms with Crippen LogP contribution in [-0.2, 0) is 23.6 Å². The van der Waals surface area contributed by atoms with Gasteiger partial charge in [-0.2, -0.15) is 0 Å². The smallest absolute Gasteiger partial charge is 0.273 e. The molecular weight excluding hydrogens is 473 g/mol. The molecule has 4 aromatic rings.